The molecule has 178 valence electrons. The van der Waals surface area contributed by atoms with Crippen molar-refractivity contribution < 1.29 is 14.3 Å². The number of amides is 2. The van der Waals surface area contributed by atoms with Crippen LogP contribution in [0, 0.1) is 0 Å². The minimum atomic E-state index is -0.764. The van der Waals surface area contributed by atoms with Crippen LogP contribution in [0.25, 0.3) is 0 Å². The lowest BCUT2D eigenvalue weighted by Gasteiger charge is -2.32. The molecule has 0 fully saturated rings. The van der Waals surface area contributed by atoms with Gasteiger partial charge in [-0.3, -0.25) is 9.59 Å². The van der Waals surface area contributed by atoms with Crippen LogP contribution >= 0.6 is 11.6 Å². The minimum absolute atomic E-state index is 0.125. The summed E-state index contributed by atoms with van der Waals surface area (Å²) in [4.78, 5) is 28.7. The van der Waals surface area contributed by atoms with E-state index < -0.39 is 6.04 Å². The average molecular weight is 479 g/mol. The molecule has 0 heterocycles. The van der Waals surface area contributed by atoms with E-state index in [-0.39, 0.29) is 24.8 Å². The molecule has 0 spiro atoms. The molecular weight excluding hydrogens is 448 g/mol. The molecule has 0 aliphatic carbocycles. The summed E-state index contributed by atoms with van der Waals surface area (Å²) in [5.41, 5.74) is 2.56. The Balaban J connectivity index is 1.89. The number of benzene rings is 3. The van der Waals surface area contributed by atoms with Gasteiger partial charge in [0.25, 0.3) is 0 Å². The zero-order valence-corrected chi connectivity index (χ0v) is 20.2. The van der Waals surface area contributed by atoms with E-state index >= 15 is 0 Å². The number of nitrogens with one attached hydrogen (secondary N) is 1. The summed E-state index contributed by atoms with van der Waals surface area (Å²) in [7, 11) is 0. The molecule has 0 radical (unpaired) electrons. The lowest BCUT2D eigenvalue weighted by molar-refractivity contribution is -0.141. The van der Waals surface area contributed by atoms with Crippen LogP contribution in [0.5, 0.6) is 0 Å². The summed E-state index contributed by atoms with van der Waals surface area (Å²) in [5.74, 6) is -0.336. The third kappa shape index (κ3) is 7.72. The van der Waals surface area contributed by atoms with Crippen molar-refractivity contribution in [2.45, 2.75) is 32.4 Å². The Hall–Kier alpha value is -3.15. The summed E-state index contributed by atoms with van der Waals surface area (Å²) in [6, 6.07) is 25.6. The van der Waals surface area contributed by atoms with Gasteiger partial charge in [0.1, 0.15) is 6.04 Å². The highest BCUT2D eigenvalue weighted by atomic mass is 35.5. The number of ether oxygens (including phenoxy) is 1. The third-order valence-corrected chi connectivity index (χ3v) is 5.68. The van der Waals surface area contributed by atoms with Crippen molar-refractivity contribution in [2.75, 3.05) is 19.8 Å². The van der Waals surface area contributed by atoms with Crippen molar-refractivity contribution in [3.05, 3.63) is 107 Å². The fraction of sp³-hybridized carbons (Fsp3) is 0.286. The van der Waals surface area contributed by atoms with E-state index in [0.717, 1.165) is 16.7 Å². The standard InChI is InChI=1S/C28H31ClN2O3/c1-2-34-19-9-18-30-28(33)27(24-12-7-4-8-13-24)31(21-23-14-16-25(29)17-15-23)26(32)20-22-10-5-3-6-11-22/h3-8,10-17,27H,2,9,18-21H2,1H3,(H,30,33)/t27-/m0/s1. The van der Waals surface area contributed by atoms with E-state index in [1.807, 2.05) is 79.7 Å². The largest absolute Gasteiger partial charge is 0.382 e. The summed E-state index contributed by atoms with van der Waals surface area (Å²) in [5, 5.41) is 3.62. The van der Waals surface area contributed by atoms with Gasteiger partial charge in [-0.1, -0.05) is 84.4 Å². The van der Waals surface area contributed by atoms with Gasteiger partial charge in [0, 0.05) is 31.3 Å². The molecule has 0 aromatic heterocycles. The quantitative estimate of drug-likeness (QED) is 0.364. The Kier molecular flexibility index (Phi) is 10.1. The summed E-state index contributed by atoms with van der Waals surface area (Å²) in [6.45, 7) is 3.92. The van der Waals surface area contributed by atoms with E-state index in [0.29, 0.717) is 31.2 Å². The fourth-order valence-corrected chi connectivity index (χ4v) is 3.84. The topological polar surface area (TPSA) is 58.6 Å². The van der Waals surface area contributed by atoms with Crippen molar-refractivity contribution in [3.63, 3.8) is 0 Å². The average Bonchev–Trinajstić information content (AvgIpc) is 2.86. The van der Waals surface area contributed by atoms with Gasteiger partial charge < -0.3 is 15.0 Å². The monoisotopic (exact) mass is 478 g/mol. The van der Waals surface area contributed by atoms with Gasteiger partial charge in [-0.05, 0) is 42.2 Å². The lowest BCUT2D eigenvalue weighted by atomic mass is 10.0. The zero-order valence-electron chi connectivity index (χ0n) is 19.5. The Labute approximate surface area is 206 Å². The number of carbonyl (C=O) groups excluding carboxylic acids is 2. The number of halogens is 1. The molecule has 34 heavy (non-hydrogen) atoms. The second-order valence-corrected chi connectivity index (χ2v) is 8.40. The Morgan fingerprint density at radius 1 is 0.912 bits per heavy atom. The number of carbonyl (C=O) groups is 2. The first-order valence-corrected chi connectivity index (χ1v) is 11.9. The Morgan fingerprint density at radius 2 is 1.56 bits per heavy atom. The predicted molar refractivity (Wildman–Crippen MR) is 135 cm³/mol. The van der Waals surface area contributed by atoms with Crippen molar-refractivity contribution in [3.8, 4) is 0 Å². The second-order valence-electron chi connectivity index (χ2n) is 7.97. The third-order valence-electron chi connectivity index (χ3n) is 5.43. The maximum Gasteiger partial charge on any atom is 0.247 e. The van der Waals surface area contributed by atoms with Crippen LogP contribution in [0.1, 0.15) is 36.1 Å². The van der Waals surface area contributed by atoms with Gasteiger partial charge in [-0.2, -0.15) is 0 Å². The zero-order chi connectivity index (χ0) is 24.2. The van der Waals surface area contributed by atoms with Crippen LogP contribution in [-0.4, -0.2) is 36.5 Å². The van der Waals surface area contributed by atoms with Crippen LogP contribution < -0.4 is 5.32 Å². The molecule has 6 heteroatoms. The van der Waals surface area contributed by atoms with Crippen molar-refractivity contribution in [1.82, 2.24) is 10.2 Å². The normalized spacial score (nSPS) is 11.6. The van der Waals surface area contributed by atoms with Gasteiger partial charge in [0.15, 0.2) is 0 Å². The maximum atomic E-state index is 13.6. The number of rotatable bonds is 12. The molecule has 3 rings (SSSR count). The van der Waals surface area contributed by atoms with E-state index in [4.69, 9.17) is 16.3 Å². The number of hydrogen-bond donors (Lipinski definition) is 1. The molecule has 0 bridgehead atoms. The minimum Gasteiger partial charge on any atom is -0.382 e. The summed E-state index contributed by atoms with van der Waals surface area (Å²) in [6.07, 6.45) is 0.908. The molecule has 0 saturated heterocycles. The highest BCUT2D eigenvalue weighted by Crippen LogP contribution is 2.25. The number of nitrogens with zero attached hydrogens (tertiary/aromatic N) is 1. The first-order chi connectivity index (χ1) is 16.6. The molecule has 3 aromatic carbocycles. The van der Waals surface area contributed by atoms with E-state index in [1.165, 1.54) is 0 Å². The molecule has 1 atom stereocenters. The second kappa shape index (κ2) is 13.5. The molecule has 2 amide bonds. The SMILES string of the molecule is CCOCCCNC(=O)[C@H](c1ccccc1)N(Cc1ccc(Cl)cc1)C(=O)Cc1ccccc1. The fourth-order valence-electron chi connectivity index (χ4n) is 3.72. The molecule has 0 aliphatic heterocycles. The van der Waals surface area contributed by atoms with E-state index in [1.54, 1.807) is 17.0 Å². The Morgan fingerprint density at radius 3 is 2.21 bits per heavy atom. The van der Waals surface area contributed by atoms with Gasteiger partial charge in [0.2, 0.25) is 11.8 Å². The highest BCUT2D eigenvalue weighted by molar-refractivity contribution is 6.30. The lowest BCUT2D eigenvalue weighted by Crippen LogP contribution is -2.44. The highest BCUT2D eigenvalue weighted by Gasteiger charge is 2.31. The summed E-state index contributed by atoms with van der Waals surface area (Å²) >= 11 is 6.07. The van der Waals surface area contributed by atoms with Gasteiger partial charge >= 0.3 is 0 Å². The van der Waals surface area contributed by atoms with Crippen LogP contribution in [-0.2, 0) is 27.3 Å². The first kappa shape index (κ1) is 25.5. The van der Waals surface area contributed by atoms with Crippen LogP contribution in [0.3, 0.4) is 0 Å². The van der Waals surface area contributed by atoms with Crippen molar-refractivity contribution >= 4 is 23.4 Å². The van der Waals surface area contributed by atoms with Gasteiger partial charge in [-0.25, -0.2) is 0 Å². The molecule has 0 saturated carbocycles. The molecule has 3 aromatic rings. The predicted octanol–water partition coefficient (Wildman–Crippen LogP) is 5.20. The smallest absolute Gasteiger partial charge is 0.247 e. The van der Waals surface area contributed by atoms with Crippen molar-refractivity contribution in [2.24, 2.45) is 0 Å². The molecule has 0 aliphatic rings. The number of hydrogen-bond acceptors (Lipinski definition) is 3. The Bertz CT molecular complexity index is 1030. The van der Waals surface area contributed by atoms with Crippen LogP contribution in [0.15, 0.2) is 84.9 Å². The summed E-state index contributed by atoms with van der Waals surface area (Å²) < 4.78 is 5.37. The van der Waals surface area contributed by atoms with E-state index in [9.17, 15) is 9.59 Å². The van der Waals surface area contributed by atoms with E-state index in [2.05, 4.69) is 5.32 Å². The first-order valence-electron chi connectivity index (χ1n) is 11.6. The molecule has 5 nitrogen and oxygen atoms in total. The van der Waals surface area contributed by atoms with Gasteiger partial charge in [0.05, 0.1) is 6.42 Å². The van der Waals surface area contributed by atoms with Crippen LogP contribution in [0.4, 0.5) is 0 Å². The molecule has 1 N–H and O–H groups in total. The van der Waals surface area contributed by atoms with Crippen LogP contribution in [0.2, 0.25) is 5.02 Å². The van der Waals surface area contributed by atoms with Gasteiger partial charge in [-0.15, -0.1) is 0 Å². The van der Waals surface area contributed by atoms with Crippen molar-refractivity contribution in [1.29, 1.82) is 0 Å². The maximum absolute atomic E-state index is 13.6. The molecule has 0 unspecified atom stereocenters. The molecular formula is C28H31ClN2O3.